The van der Waals surface area contributed by atoms with Crippen molar-refractivity contribution in [1.82, 2.24) is 0 Å². The van der Waals surface area contributed by atoms with Gasteiger partial charge in [-0.25, -0.2) is 0 Å². The van der Waals surface area contributed by atoms with Gasteiger partial charge < -0.3 is 0 Å². The first kappa shape index (κ1) is 12.1. The SMILES string of the molecule is BCC(C)CCC(CC)CCC. The lowest BCUT2D eigenvalue weighted by Crippen LogP contribution is -2.02. The maximum atomic E-state index is 2.37. The van der Waals surface area contributed by atoms with E-state index in [0.717, 1.165) is 11.8 Å². The highest BCUT2D eigenvalue weighted by molar-refractivity contribution is 6.08. The van der Waals surface area contributed by atoms with Crippen LogP contribution in [0.3, 0.4) is 0 Å². The second kappa shape index (κ2) is 7.70. The van der Waals surface area contributed by atoms with Gasteiger partial charge in [-0.3, -0.25) is 0 Å². The van der Waals surface area contributed by atoms with Gasteiger partial charge in [0.1, 0.15) is 7.85 Å². The lowest BCUT2D eigenvalue weighted by Gasteiger charge is -2.15. The summed E-state index contributed by atoms with van der Waals surface area (Å²) in [7, 11) is 2.30. The fourth-order valence-corrected chi connectivity index (χ4v) is 1.69. The molecule has 0 aliphatic carbocycles. The minimum absolute atomic E-state index is 0.941. The monoisotopic (exact) mass is 168 g/mol. The lowest BCUT2D eigenvalue weighted by molar-refractivity contribution is 0.388. The zero-order valence-corrected chi connectivity index (χ0v) is 9.40. The van der Waals surface area contributed by atoms with Gasteiger partial charge in [-0.2, -0.15) is 0 Å². The molecular formula is C11H25B. The van der Waals surface area contributed by atoms with Gasteiger partial charge in [0.05, 0.1) is 0 Å². The van der Waals surface area contributed by atoms with E-state index in [1.807, 2.05) is 0 Å². The van der Waals surface area contributed by atoms with Crippen LogP contribution in [0.15, 0.2) is 0 Å². The van der Waals surface area contributed by atoms with Crippen molar-refractivity contribution in [3.8, 4) is 0 Å². The molecule has 0 aromatic rings. The summed E-state index contributed by atoms with van der Waals surface area (Å²) in [5, 5.41) is 0. The fourth-order valence-electron chi connectivity index (χ4n) is 1.69. The summed E-state index contributed by atoms with van der Waals surface area (Å²) in [6.07, 6.45) is 8.42. The Balaban J connectivity index is 3.43. The molecule has 0 aromatic heterocycles. The molecule has 0 aliphatic heterocycles. The Morgan fingerprint density at radius 2 is 1.75 bits per heavy atom. The lowest BCUT2D eigenvalue weighted by atomic mass is 9.85. The van der Waals surface area contributed by atoms with Crippen LogP contribution in [0.2, 0.25) is 6.32 Å². The van der Waals surface area contributed by atoms with Crippen LogP contribution in [0, 0.1) is 11.8 Å². The third-order valence-corrected chi connectivity index (χ3v) is 3.04. The molecule has 2 atom stereocenters. The van der Waals surface area contributed by atoms with Crippen LogP contribution in [0.1, 0.15) is 52.9 Å². The predicted octanol–water partition coefficient (Wildman–Crippen LogP) is 3.28. The Morgan fingerprint density at radius 1 is 1.08 bits per heavy atom. The van der Waals surface area contributed by atoms with Gasteiger partial charge in [0.25, 0.3) is 0 Å². The second-order valence-corrected chi connectivity index (χ2v) is 4.15. The van der Waals surface area contributed by atoms with Crippen LogP contribution in [-0.4, -0.2) is 7.85 Å². The zero-order chi connectivity index (χ0) is 9.40. The topological polar surface area (TPSA) is 0 Å². The number of hydrogen-bond acceptors (Lipinski definition) is 0. The molecule has 0 aliphatic rings. The van der Waals surface area contributed by atoms with Crippen LogP contribution >= 0.6 is 0 Å². The normalized spacial score (nSPS) is 15.9. The molecular weight excluding hydrogens is 143 g/mol. The largest absolute Gasteiger partial charge is 0.101 e. The first-order chi connectivity index (χ1) is 5.74. The van der Waals surface area contributed by atoms with Crippen molar-refractivity contribution in [2.45, 2.75) is 59.2 Å². The predicted molar refractivity (Wildman–Crippen MR) is 60.4 cm³/mol. The van der Waals surface area contributed by atoms with Crippen molar-refractivity contribution in [3.63, 3.8) is 0 Å². The van der Waals surface area contributed by atoms with Gasteiger partial charge in [-0.05, 0) is 5.92 Å². The molecule has 0 saturated carbocycles. The Bertz CT molecular complexity index is 91.0. The summed E-state index contributed by atoms with van der Waals surface area (Å²) in [5.74, 6) is 1.94. The van der Waals surface area contributed by atoms with Crippen molar-refractivity contribution in [1.29, 1.82) is 0 Å². The number of hydrogen-bond donors (Lipinski definition) is 0. The molecule has 72 valence electrons. The molecule has 0 amide bonds. The fraction of sp³-hybridized carbons (Fsp3) is 1.00. The van der Waals surface area contributed by atoms with E-state index in [1.165, 1.54) is 38.4 Å². The van der Waals surface area contributed by atoms with Gasteiger partial charge >= 0.3 is 0 Å². The highest BCUT2D eigenvalue weighted by Gasteiger charge is 2.06. The van der Waals surface area contributed by atoms with Crippen molar-refractivity contribution in [3.05, 3.63) is 0 Å². The van der Waals surface area contributed by atoms with Gasteiger partial charge in [-0.15, -0.1) is 0 Å². The molecule has 12 heavy (non-hydrogen) atoms. The Morgan fingerprint density at radius 3 is 2.17 bits per heavy atom. The highest BCUT2D eigenvalue weighted by atomic mass is 14.1. The Labute approximate surface area is 79.5 Å². The van der Waals surface area contributed by atoms with Gasteiger partial charge in [-0.1, -0.05) is 65.1 Å². The van der Waals surface area contributed by atoms with Crippen LogP contribution < -0.4 is 0 Å². The molecule has 0 rings (SSSR count). The van der Waals surface area contributed by atoms with E-state index in [0.29, 0.717) is 0 Å². The third kappa shape index (κ3) is 5.68. The summed E-state index contributed by atoms with van der Waals surface area (Å²) in [6.45, 7) is 7.00. The van der Waals surface area contributed by atoms with Crippen LogP contribution in [0.4, 0.5) is 0 Å². The molecule has 0 bridgehead atoms. The van der Waals surface area contributed by atoms with Gasteiger partial charge in [0.15, 0.2) is 0 Å². The first-order valence-electron chi connectivity index (χ1n) is 5.74. The molecule has 0 aromatic carbocycles. The van der Waals surface area contributed by atoms with E-state index in [9.17, 15) is 0 Å². The molecule has 0 nitrogen and oxygen atoms in total. The third-order valence-electron chi connectivity index (χ3n) is 3.04. The Hall–Kier alpha value is 0.0649. The van der Waals surface area contributed by atoms with Crippen molar-refractivity contribution in [2.24, 2.45) is 11.8 Å². The molecule has 0 saturated heterocycles. The second-order valence-electron chi connectivity index (χ2n) is 4.15. The summed E-state index contributed by atoms with van der Waals surface area (Å²) >= 11 is 0. The van der Waals surface area contributed by atoms with Crippen LogP contribution in [0.25, 0.3) is 0 Å². The molecule has 0 N–H and O–H groups in total. The van der Waals surface area contributed by atoms with E-state index in [4.69, 9.17) is 0 Å². The van der Waals surface area contributed by atoms with E-state index >= 15 is 0 Å². The maximum absolute atomic E-state index is 2.37. The van der Waals surface area contributed by atoms with E-state index in [-0.39, 0.29) is 0 Å². The highest BCUT2D eigenvalue weighted by Crippen LogP contribution is 2.21. The maximum Gasteiger partial charge on any atom is 0.101 e. The van der Waals surface area contributed by atoms with Crippen molar-refractivity contribution < 1.29 is 0 Å². The van der Waals surface area contributed by atoms with Crippen LogP contribution in [0.5, 0.6) is 0 Å². The quantitative estimate of drug-likeness (QED) is 0.511. The average Bonchev–Trinajstić information content (AvgIpc) is 2.11. The van der Waals surface area contributed by atoms with Gasteiger partial charge in [0, 0.05) is 0 Å². The van der Waals surface area contributed by atoms with E-state index < -0.39 is 0 Å². The molecule has 2 unspecified atom stereocenters. The molecule has 0 spiro atoms. The summed E-state index contributed by atoms with van der Waals surface area (Å²) in [6, 6.07) is 0. The summed E-state index contributed by atoms with van der Waals surface area (Å²) < 4.78 is 0. The molecule has 0 heterocycles. The van der Waals surface area contributed by atoms with Crippen LogP contribution in [-0.2, 0) is 0 Å². The average molecular weight is 168 g/mol. The van der Waals surface area contributed by atoms with Crippen molar-refractivity contribution in [2.75, 3.05) is 0 Å². The minimum Gasteiger partial charge on any atom is -0.0785 e. The molecule has 1 heteroatoms. The molecule has 0 radical (unpaired) electrons. The van der Waals surface area contributed by atoms with Gasteiger partial charge in [0.2, 0.25) is 0 Å². The number of rotatable bonds is 7. The first-order valence-corrected chi connectivity index (χ1v) is 5.74. The van der Waals surface area contributed by atoms with E-state index in [1.54, 1.807) is 0 Å². The van der Waals surface area contributed by atoms with E-state index in [2.05, 4.69) is 28.6 Å². The molecule has 0 fully saturated rings. The summed E-state index contributed by atoms with van der Waals surface area (Å²) in [4.78, 5) is 0. The van der Waals surface area contributed by atoms with Crippen molar-refractivity contribution >= 4 is 7.85 Å². The Kier molecular flexibility index (Phi) is 7.74. The smallest absolute Gasteiger partial charge is 0.0785 e. The standard InChI is InChI=1S/C11H25B/c1-4-6-11(5-2)8-7-10(3)9-12/h10-11H,4-9,12H2,1-3H3. The zero-order valence-electron chi connectivity index (χ0n) is 9.40. The minimum atomic E-state index is 0.941. The summed E-state index contributed by atoms with van der Waals surface area (Å²) in [5.41, 5.74) is 0.